The van der Waals surface area contributed by atoms with Gasteiger partial charge < -0.3 is 29.2 Å². The molecule has 6 heteroatoms. The van der Waals surface area contributed by atoms with E-state index >= 15 is 0 Å². The Labute approximate surface area is 301 Å². The molecule has 0 aromatic rings. The number of aliphatic hydroxyl groups is 2. The van der Waals surface area contributed by atoms with Crippen LogP contribution in [0.15, 0.2) is 0 Å². The van der Waals surface area contributed by atoms with Crippen LogP contribution in [-0.2, 0) is 18.9 Å². The Morgan fingerprint density at radius 3 is 0.625 bits per heavy atom. The van der Waals surface area contributed by atoms with Gasteiger partial charge in [-0.15, -0.1) is 0 Å². The highest BCUT2D eigenvalue weighted by molar-refractivity contribution is 4.54. The zero-order valence-corrected chi connectivity index (χ0v) is 33.1. The standard InChI is InChI=1S/2C21H44O3/c2*1-3-5-7-9-11-13-15-17-23-19-21(22)20-24-18-16-14-12-10-8-6-4-2/h2*21-22H,3-20H2,1-2H3. The molecule has 0 rings (SSSR count). The summed E-state index contributed by atoms with van der Waals surface area (Å²) in [7, 11) is 0. The topological polar surface area (TPSA) is 77.4 Å². The van der Waals surface area contributed by atoms with Crippen LogP contribution in [0.5, 0.6) is 0 Å². The molecule has 292 valence electrons. The predicted octanol–water partition coefficient (Wildman–Crippen LogP) is 11.8. The van der Waals surface area contributed by atoms with Crippen LogP contribution in [-0.4, -0.2) is 75.3 Å². The lowest BCUT2D eigenvalue weighted by Gasteiger charge is -2.12. The van der Waals surface area contributed by atoms with Crippen molar-refractivity contribution >= 4 is 0 Å². The third kappa shape index (κ3) is 47.9. The van der Waals surface area contributed by atoms with Crippen molar-refractivity contribution in [1.29, 1.82) is 0 Å². The summed E-state index contributed by atoms with van der Waals surface area (Å²) in [5.74, 6) is 0. The molecular formula is C42H88O6. The molecule has 0 unspecified atom stereocenters. The van der Waals surface area contributed by atoms with Gasteiger partial charge in [0, 0.05) is 26.4 Å². The fraction of sp³-hybridized carbons (Fsp3) is 1.00. The quantitative estimate of drug-likeness (QED) is 0.0624. The molecule has 2 N–H and O–H groups in total. The van der Waals surface area contributed by atoms with E-state index in [-0.39, 0.29) is 0 Å². The van der Waals surface area contributed by atoms with E-state index in [1.165, 1.54) is 154 Å². The lowest BCUT2D eigenvalue weighted by Crippen LogP contribution is -2.22. The second-order valence-corrected chi connectivity index (χ2v) is 14.1. The minimum atomic E-state index is -0.473. The van der Waals surface area contributed by atoms with Gasteiger partial charge in [-0.05, 0) is 25.7 Å². The Balaban J connectivity index is 0. The largest absolute Gasteiger partial charge is 0.388 e. The molecule has 0 amide bonds. The SMILES string of the molecule is CCCCCCCCCOCC(O)COCCCCCCCCC.CCCCCCCCCOCC(O)COCCCCCCCCC. The third-order valence-corrected chi connectivity index (χ3v) is 8.81. The van der Waals surface area contributed by atoms with Crippen molar-refractivity contribution in [2.75, 3.05) is 52.9 Å². The fourth-order valence-corrected chi connectivity index (χ4v) is 5.62. The summed E-state index contributed by atoms with van der Waals surface area (Å²) < 4.78 is 22.1. The Hall–Kier alpha value is -0.240. The molecule has 0 radical (unpaired) electrons. The summed E-state index contributed by atoms with van der Waals surface area (Å²) in [4.78, 5) is 0. The summed E-state index contributed by atoms with van der Waals surface area (Å²) >= 11 is 0. The average molecular weight is 689 g/mol. The van der Waals surface area contributed by atoms with Crippen molar-refractivity contribution in [3.63, 3.8) is 0 Å². The van der Waals surface area contributed by atoms with Crippen LogP contribution in [0.4, 0.5) is 0 Å². The summed E-state index contributed by atoms with van der Waals surface area (Å²) in [6.45, 7) is 13.7. The Morgan fingerprint density at radius 2 is 0.438 bits per heavy atom. The highest BCUT2D eigenvalue weighted by Crippen LogP contribution is 2.10. The summed E-state index contributed by atoms with van der Waals surface area (Å²) in [6.07, 6.45) is 35.3. The van der Waals surface area contributed by atoms with Gasteiger partial charge in [-0.3, -0.25) is 0 Å². The van der Waals surface area contributed by atoms with E-state index in [2.05, 4.69) is 27.7 Å². The van der Waals surface area contributed by atoms with Crippen molar-refractivity contribution in [1.82, 2.24) is 0 Å². The Kier molecular flexibility index (Phi) is 48.6. The molecule has 0 spiro atoms. The first-order chi connectivity index (χ1) is 23.6. The monoisotopic (exact) mass is 689 g/mol. The molecule has 48 heavy (non-hydrogen) atoms. The molecule has 0 aliphatic heterocycles. The molecule has 0 aliphatic rings. The van der Waals surface area contributed by atoms with Gasteiger partial charge in [0.1, 0.15) is 12.2 Å². The second kappa shape index (κ2) is 46.8. The first kappa shape index (κ1) is 49.9. The van der Waals surface area contributed by atoms with Crippen molar-refractivity contribution in [2.24, 2.45) is 0 Å². The normalized spacial score (nSPS) is 11.5. The number of hydrogen-bond donors (Lipinski definition) is 2. The molecule has 0 saturated carbocycles. The number of hydrogen-bond acceptors (Lipinski definition) is 6. The second-order valence-electron chi connectivity index (χ2n) is 14.1. The Morgan fingerprint density at radius 1 is 0.271 bits per heavy atom. The van der Waals surface area contributed by atoms with Gasteiger partial charge in [0.15, 0.2) is 0 Å². The summed E-state index contributed by atoms with van der Waals surface area (Å²) in [6, 6.07) is 0. The van der Waals surface area contributed by atoms with Crippen LogP contribution in [0.1, 0.15) is 207 Å². The first-order valence-corrected chi connectivity index (χ1v) is 21.3. The minimum absolute atomic E-state index is 0.410. The highest BCUT2D eigenvalue weighted by Gasteiger charge is 2.05. The van der Waals surface area contributed by atoms with Crippen LogP contribution in [0, 0.1) is 0 Å². The van der Waals surface area contributed by atoms with Gasteiger partial charge in [0.05, 0.1) is 26.4 Å². The third-order valence-electron chi connectivity index (χ3n) is 8.81. The van der Waals surface area contributed by atoms with E-state index in [9.17, 15) is 10.2 Å². The van der Waals surface area contributed by atoms with E-state index in [1.54, 1.807) is 0 Å². The molecule has 6 nitrogen and oxygen atoms in total. The summed E-state index contributed by atoms with van der Waals surface area (Å²) in [5.41, 5.74) is 0. The van der Waals surface area contributed by atoms with E-state index in [1.807, 2.05) is 0 Å². The molecule has 0 heterocycles. The van der Waals surface area contributed by atoms with Crippen molar-refractivity contribution in [3.05, 3.63) is 0 Å². The van der Waals surface area contributed by atoms with Crippen LogP contribution in [0.3, 0.4) is 0 Å². The number of rotatable bonds is 40. The maximum Gasteiger partial charge on any atom is 0.101 e. The van der Waals surface area contributed by atoms with E-state index in [0.717, 1.165) is 52.1 Å². The molecular weight excluding hydrogens is 600 g/mol. The predicted molar refractivity (Wildman–Crippen MR) is 207 cm³/mol. The zero-order valence-electron chi connectivity index (χ0n) is 33.1. The first-order valence-electron chi connectivity index (χ1n) is 21.3. The van der Waals surface area contributed by atoms with E-state index in [4.69, 9.17) is 18.9 Å². The van der Waals surface area contributed by atoms with E-state index in [0.29, 0.717) is 26.4 Å². The zero-order chi connectivity index (χ0) is 35.4. The molecule has 0 aliphatic carbocycles. The fourth-order valence-electron chi connectivity index (χ4n) is 5.62. The van der Waals surface area contributed by atoms with Crippen molar-refractivity contribution < 1.29 is 29.2 Å². The number of ether oxygens (including phenoxy) is 4. The van der Waals surface area contributed by atoms with Crippen molar-refractivity contribution in [3.8, 4) is 0 Å². The number of unbranched alkanes of at least 4 members (excludes halogenated alkanes) is 24. The average Bonchev–Trinajstić information content (AvgIpc) is 3.09. The van der Waals surface area contributed by atoms with Gasteiger partial charge in [0.25, 0.3) is 0 Å². The van der Waals surface area contributed by atoms with Gasteiger partial charge in [0.2, 0.25) is 0 Å². The smallest absolute Gasteiger partial charge is 0.101 e. The Bertz CT molecular complexity index is 444. The van der Waals surface area contributed by atoms with Crippen LogP contribution in [0.2, 0.25) is 0 Å². The molecule has 0 fully saturated rings. The lowest BCUT2D eigenvalue weighted by atomic mass is 10.1. The maximum atomic E-state index is 9.80. The minimum Gasteiger partial charge on any atom is -0.388 e. The molecule has 0 saturated heterocycles. The van der Waals surface area contributed by atoms with Crippen LogP contribution < -0.4 is 0 Å². The van der Waals surface area contributed by atoms with Crippen LogP contribution >= 0.6 is 0 Å². The van der Waals surface area contributed by atoms with E-state index < -0.39 is 12.2 Å². The number of aliphatic hydroxyl groups excluding tert-OH is 2. The molecule has 0 atom stereocenters. The van der Waals surface area contributed by atoms with Crippen LogP contribution in [0.25, 0.3) is 0 Å². The van der Waals surface area contributed by atoms with Crippen molar-refractivity contribution in [2.45, 2.75) is 220 Å². The molecule has 0 aromatic heterocycles. The van der Waals surface area contributed by atoms with Gasteiger partial charge in [-0.2, -0.15) is 0 Å². The molecule has 0 aromatic carbocycles. The van der Waals surface area contributed by atoms with Gasteiger partial charge in [-0.1, -0.05) is 182 Å². The maximum absolute atomic E-state index is 9.80. The summed E-state index contributed by atoms with van der Waals surface area (Å²) in [5, 5.41) is 19.6. The highest BCUT2D eigenvalue weighted by atomic mass is 16.5. The van der Waals surface area contributed by atoms with Gasteiger partial charge >= 0.3 is 0 Å². The van der Waals surface area contributed by atoms with Gasteiger partial charge in [-0.25, -0.2) is 0 Å². The lowest BCUT2D eigenvalue weighted by molar-refractivity contribution is -0.0201. The molecule has 0 bridgehead atoms.